The van der Waals surface area contributed by atoms with Crippen LogP contribution in [0.15, 0.2) is 53.9 Å². The van der Waals surface area contributed by atoms with Crippen LogP contribution in [0.25, 0.3) is 5.69 Å². The third-order valence-corrected chi connectivity index (χ3v) is 6.49. The van der Waals surface area contributed by atoms with Gasteiger partial charge in [-0.3, -0.25) is 4.79 Å². The van der Waals surface area contributed by atoms with Crippen LogP contribution in [0.4, 0.5) is 0 Å². The number of nitrogens with zero attached hydrogens (tertiary/aromatic N) is 6. The third-order valence-electron chi connectivity index (χ3n) is 5.07. The summed E-state index contributed by atoms with van der Waals surface area (Å²) in [6.07, 6.45) is 6.64. The lowest BCUT2D eigenvalue weighted by Crippen LogP contribution is -2.46. The molecule has 0 N–H and O–H groups in total. The number of nitriles is 1. The van der Waals surface area contributed by atoms with Crippen LogP contribution in [0, 0.1) is 11.3 Å². The first-order valence-electron chi connectivity index (χ1n) is 9.55. The van der Waals surface area contributed by atoms with Gasteiger partial charge >= 0.3 is 0 Å². The van der Waals surface area contributed by atoms with Crippen LogP contribution in [-0.4, -0.2) is 48.6 Å². The number of benzene rings is 1. The number of hydrogen-bond acceptors (Lipinski definition) is 6. The van der Waals surface area contributed by atoms with Gasteiger partial charge in [-0.25, -0.2) is 4.98 Å². The molecule has 1 saturated heterocycles. The second-order valence-corrected chi connectivity index (χ2v) is 8.86. The van der Waals surface area contributed by atoms with Gasteiger partial charge in [0.2, 0.25) is 0 Å². The van der Waals surface area contributed by atoms with E-state index in [1.807, 2.05) is 4.90 Å². The van der Waals surface area contributed by atoms with E-state index in [9.17, 15) is 4.79 Å². The average Bonchev–Trinajstić information content (AvgIpc) is 3.29. The highest BCUT2D eigenvalue weighted by Gasteiger charge is 2.32. The molecule has 0 bridgehead atoms. The molecule has 3 aromatic rings. The lowest BCUT2D eigenvalue weighted by molar-refractivity contribution is 0.0641. The fourth-order valence-electron chi connectivity index (χ4n) is 3.52. The summed E-state index contributed by atoms with van der Waals surface area (Å²) < 4.78 is 0. The van der Waals surface area contributed by atoms with E-state index in [0.29, 0.717) is 28.4 Å². The Morgan fingerprint density at radius 3 is 2.77 bits per heavy atom. The maximum Gasteiger partial charge on any atom is 0.256 e. The van der Waals surface area contributed by atoms with E-state index in [-0.39, 0.29) is 17.2 Å². The second-order valence-electron chi connectivity index (χ2n) is 7.10. The van der Waals surface area contributed by atoms with E-state index in [0.717, 1.165) is 17.9 Å². The Balaban J connectivity index is 1.58. The van der Waals surface area contributed by atoms with Crippen LogP contribution in [0.2, 0.25) is 5.02 Å². The molecule has 0 radical (unpaired) electrons. The predicted octanol–water partition coefficient (Wildman–Crippen LogP) is 3.97. The molecule has 1 amide bonds. The van der Waals surface area contributed by atoms with Gasteiger partial charge < -0.3 is 4.90 Å². The number of likely N-dealkylation sites (tertiary alicyclic amines) is 1. The van der Waals surface area contributed by atoms with Crippen molar-refractivity contribution in [2.75, 3.05) is 6.54 Å². The number of pyridine rings is 1. The quantitative estimate of drug-likeness (QED) is 0.612. The topological polar surface area (TPSA) is 87.7 Å². The van der Waals surface area contributed by atoms with Gasteiger partial charge in [0.1, 0.15) is 0 Å². The van der Waals surface area contributed by atoms with Gasteiger partial charge in [0, 0.05) is 29.1 Å². The SMILES string of the molecule is C[C@@H]1CC[C@@H](Sc2cc(C#N)ccn2)CN1C(=O)c1cc(Cl)ccc1-n1nccn1. The first kappa shape index (κ1) is 20.4. The monoisotopic (exact) mass is 438 g/mol. The molecule has 0 unspecified atom stereocenters. The van der Waals surface area contributed by atoms with Crippen molar-refractivity contribution in [2.24, 2.45) is 0 Å². The maximum absolute atomic E-state index is 13.5. The van der Waals surface area contributed by atoms with Gasteiger partial charge in [-0.05, 0) is 50.1 Å². The number of aromatic nitrogens is 4. The van der Waals surface area contributed by atoms with Gasteiger partial charge in [-0.2, -0.15) is 20.3 Å². The van der Waals surface area contributed by atoms with Crippen LogP contribution in [0.3, 0.4) is 0 Å². The van der Waals surface area contributed by atoms with E-state index < -0.39 is 0 Å². The molecule has 7 nitrogen and oxygen atoms in total. The molecule has 1 aromatic carbocycles. The molecule has 1 aliphatic heterocycles. The Morgan fingerprint density at radius 2 is 2.00 bits per heavy atom. The van der Waals surface area contributed by atoms with E-state index in [1.165, 1.54) is 4.80 Å². The molecule has 152 valence electrons. The van der Waals surface area contributed by atoms with Gasteiger partial charge in [0.05, 0.1) is 40.3 Å². The van der Waals surface area contributed by atoms with Crippen LogP contribution >= 0.6 is 23.4 Å². The van der Waals surface area contributed by atoms with Crippen molar-refractivity contribution in [1.82, 2.24) is 24.9 Å². The number of carbonyl (C=O) groups is 1. The summed E-state index contributed by atoms with van der Waals surface area (Å²) in [5, 5.41) is 18.9. The standard InChI is InChI=1S/C21H19ClN6OS/c1-14-2-4-17(30-20-10-15(12-23)6-7-24-20)13-27(14)21(29)18-11-16(22)3-5-19(18)28-25-8-9-26-28/h3,5-11,14,17H,2,4,13H2,1H3/t14-,17-/m1/s1. The fourth-order valence-corrected chi connectivity index (χ4v) is 4.84. The van der Waals surface area contributed by atoms with Crippen molar-refractivity contribution in [2.45, 2.75) is 36.1 Å². The molecule has 9 heteroatoms. The van der Waals surface area contributed by atoms with E-state index in [4.69, 9.17) is 16.9 Å². The maximum atomic E-state index is 13.5. The molecule has 30 heavy (non-hydrogen) atoms. The Bertz CT molecular complexity index is 1100. The Kier molecular flexibility index (Phi) is 6.02. The van der Waals surface area contributed by atoms with Crippen molar-refractivity contribution < 1.29 is 4.79 Å². The summed E-state index contributed by atoms with van der Waals surface area (Å²) in [5.41, 5.74) is 1.65. The zero-order chi connectivity index (χ0) is 21.1. The predicted molar refractivity (Wildman–Crippen MR) is 115 cm³/mol. The molecular weight excluding hydrogens is 420 g/mol. The summed E-state index contributed by atoms with van der Waals surface area (Å²) in [6, 6.07) is 10.9. The Labute approximate surface area is 183 Å². The first-order chi connectivity index (χ1) is 14.5. The summed E-state index contributed by atoms with van der Waals surface area (Å²) in [4.78, 5) is 21.2. The van der Waals surface area contributed by atoms with Crippen molar-refractivity contribution in [3.05, 3.63) is 65.1 Å². The van der Waals surface area contributed by atoms with Crippen LogP contribution in [0.5, 0.6) is 0 Å². The highest BCUT2D eigenvalue weighted by atomic mass is 35.5. The number of halogens is 1. The smallest absolute Gasteiger partial charge is 0.256 e. The second kappa shape index (κ2) is 8.86. The molecular formula is C21H19ClN6OS. The molecule has 0 aliphatic carbocycles. The number of amides is 1. The van der Waals surface area contributed by atoms with E-state index in [2.05, 4.69) is 28.2 Å². The summed E-state index contributed by atoms with van der Waals surface area (Å²) >= 11 is 7.81. The lowest BCUT2D eigenvalue weighted by atomic mass is 10.0. The Hall–Kier alpha value is -2.89. The minimum Gasteiger partial charge on any atom is -0.335 e. The minimum absolute atomic E-state index is 0.0960. The number of piperidine rings is 1. The normalized spacial score (nSPS) is 18.8. The van der Waals surface area contributed by atoms with Gasteiger partial charge in [0.25, 0.3) is 5.91 Å². The van der Waals surface area contributed by atoms with Gasteiger partial charge in [-0.1, -0.05) is 11.6 Å². The summed E-state index contributed by atoms with van der Waals surface area (Å²) in [5.74, 6) is -0.0960. The molecule has 0 saturated carbocycles. The molecule has 1 aliphatic rings. The van der Waals surface area contributed by atoms with Crippen molar-refractivity contribution in [3.8, 4) is 11.8 Å². The molecule has 3 heterocycles. The van der Waals surface area contributed by atoms with Gasteiger partial charge in [0.15, 0.2) is 0 Å². The zero-order valence-electron chi connectivity index (χ0n) is 16.3. The number of carbonyl (C=O) groups excluding carboxylic acids is 1. The first-order valence-corrected chi connectivity index (χ1v) is 10.8. The highest BCUT2D eigenvalue weighted by molar-refractivity contribution is 7.99. The minimum atomic E-state index is -0.0960. The largest absolute Gasteiger partial charge is 0.335 e. The van der Waals surface area contributed by atoms with Crippen molar-refractivity contribution in [3.63, 3.8) is 0 Å². The summed E-state index contributed by atoms with van der Waals surface area (Å²) in [7, 11) is 0. The highest BCUT2D eigenvalue weighted by Crippen LogP contribution is 2.32. The Morgan fingerprint density at radius 1 is 1.20 bits per heavy atom. The van der Waals surface area contributed by atoms with Gasteiger partial charge in [-0.15, -0.1) is 11.8 Å². The summed E-state index contributed by atoms with van der Waals surface area (Å²) in [6.45, 7) is 2.64. The average molecular weight is 439 g/mol. The number of hydrogen-bond donors (Lipinski definition) is 0. The lowest BCUT2D eigenvalue weighted by Gasteiger charge is -2.38. The van der Waals surface area contributed by atoms with E-state index >= 15 is 0 Å². The van der Waals surface area contributed by atoms with Crippen molar-refractivity contribution >= 4 is 29.3 Å². The molecule has 2 atom stereocenters. The van der Waals surface area contributed by atoms with Crippen LogP contribution in [-0.2, 0) is 0 Å². The number of rotatable bonds is 4. The fraction of sp³-hybridized carbons (Fsp3) is 0.286. The number of thioether (sulfide) groups is 1. The third kappa shape index (κ3) is 4.32. The molecule has 4 rings (SSSR count). The van der Waals surface area contributed by atoms with Crippen LogP contribution < -0.4 is 0 Å². The molecule has 0 spiro atoms. The van der Waals surface area contributed by atoms with Crippen molar-refractivity contribution in [1.29, 1.82) is 5.26 Å². The molecule has 1 fully saturated rings. The van der Waals surface area contributed by atoms with Crippen LogP contribution in [0.1, 0.15) is 35.7 Å². The molecule has 2 aromatic heterocycles. The zero-order valence-corrected chi connectivity index (χ0v) is 17.8. The van der Waals surface area contributed by atoms with E-state index in [1.54, 1.807) is 60.7 Å².